The average molecular weight is 429 g/mol. The van der Waals surface area contributed by atoms with Gasteiger partial charge in [-0.3, -0.25) is 9.20 Å². The summed E-state index contributed by atoms with van der Waals surface area (Å²) in [5, 5.41) is 8.90. The number of piperazine rings is 1. The molecule has 1 aromatic carbocycles. The summed E-state index contributed by atoms with van der Waals surface area (Å²) in [6.45, 7) is 6.66. The van der Waals surface area contributed by atoms with E-state index >= 15 is 0 Å². The summed E-state index contributed by atoms with van der Waals surface area (Å²) in [7, 11) is 1.56. The van der Waals surface area contributed by atoms with E-state index < -0.39 is 0 Å². The largest absolute Gasteiger partial charge is 0.496 e. The van der Waals surface area contributed by atoms with E-state index in [1.165, 1.54) is 0 Å². The fourth-order valence-electron chi connectivity index (χ4n) is 3.87. The molecule has 1 amide bonds. The Hall–Kier alpha value is -2.87. The predicted octanol–water partition coefficient (Wildman–Crippen LogP) is 3.01. The normalized spacial score (nSPS) is 14.4. The lowest BCUT2D eigenvalue weighted by molar-refractivity contribution is 0.0743. The Morgan fingerprint density at radius 2 is 1.93 bits per heavy atom. The summed E-state index contributed by atoms with van der Waals surface area (Å²) < 4.78 is 7.35. The van der Waals surface area contributed by atoms with E-state index in [-0.39, 0.29) is 5.91 Å². The van der Waals surface area contributed by atoms with Gasteiger partial charge in [-0.25, -0.2) is 0 Å². The molecule has 0 aliphatic carbocycles. The van der Waals surface area contributed by atoms with Crippen LogP contribution in [0.3, 0.4) is 0 Å². The molecule has 3 heterocycles. The SMILES string of the molecule is CCCc1cc(N2CCN(C(=O)c3cc(Cl)ccc3OC)CC2)nc2nnc(C)n12. The summed E-state index contributed by atoms with van der Waals surface area (Å²) in [6, 6.07) is 7.22. The van der Waals surface area contributed by atoms with Crippen LogP contribution in [-0.4, -0.2) is 63.7 Å². The molecule has 3 aromatic rings. The first-order valence-corrected chi connectivity index (χ1v) is 10.5. The Balaban J connectivity index is 1.52. The van der Waals surface area contributed by atoms with E-state index in [1.54, 1.807) is 25.3 Å². The van der Waals surface area contributed by atoms with E-state index in [9.17, 15) is 4.79 Å². The van der Waals surface area contributed by atoms with Crippen molar-refractivity contribution in [1.29, 1.82) is 0 Å². The van der Waals surface area contributed by atoms with Crippen LogP contribution in [0, 0.1) is 6.92 Å². The van der Waals surface area contributed by atoms with Crippen molar-refractivity contribution in [3.63, 3.8) is 0 Å². The fraction of sp³-hybridized carbons (Fsp3) is 0.429. The van der Waals surface area contributed by atoms with Crippen LogP contribution in [-0.2, 0) is 6.42 Å². The Morgan fingerprint density at radius 1 is 1.17 bits per heavy atom. The molecule has 1 aliphatic rings. The third kappa shape index (κ3) is 3.79. The molecule has 4 rings (SSSR count). The Morgan fingerprint density at radius 3 is 2.63 bits per heavy atom. The quantitative estimate of drug-likeness (QED) is 0.621. The van der Waals surface area contributed by atoms with Crippen molar-refractivity contribution in [2.45, 2.75) is 26.7 Å². The Labute approximate surface area is 180 Å². The van der Waals surface area contributed by atoms with Crippen molar-refractivity contribution in [2.24, 2.45) is 0 Å². The second-order valence-electron chi connectivity index (χ2n) is 7.36. The van der Waals surface area contributed by atoms with Crippen LogP contribution in [0.1, 0.15) is 35.2 Å². The van der Waals surface area contributed by atoms with E-state index in [4.69, 9.17) is 21.3 Å². The second kappa shape index (κ2) is 8.47. The van der Waals surface area contributed by atoms with E-state index in [0.29, 0.717) is 48.3 Å². The zero-order valence-electron chi connectivity index (χ0n) is 17.4. The zero-order valence-corrected chi connectivity index (χ0v) is 18.2. The summed E-state index contributed by atoms with van der Waals surface area (Å²) in [6.07, 6.45) is 1.96. The number of halogens is 1. The maximum atomic E-state index is 13.0. The predicted molar refractivity (Wildman–Crippen MR) is 116 cm³/mol. The van der Waals surface area contributed by atoms with Crippen LogP contribution < -0.4 is 9.64 Å². The maximum absolute atomic E-state index is 13.0. The van der Waals surface area contributed by atoms with Gasteiger partial charge in [0.15, 0.2) is 0 Å². The van der Waals surface area contributed by atoms with E-state index in [0.717, 1.165) is 30.2 Å². The number of ether oxygens (including phenoxy) is 1. The molecular weight excluding hydrogens is 404 g/mol. The lowest BCUT2D eigenvalue weighted by Crippen LogP contribution is -2.49. The van der Waals surface area contributed by atoms with Gasteiger partial charge in [-0.15, -0.1) is 10.2 Å². The molecule has 0 unspecified atom stereocenters. The summed E-state index contributed by atoms with van der Waals surface area (Å²) in [4.78, 5) is 21.8. The van der Waals surface area contributed by atoms with Gasteiger partial charge in [0.05, 0.1) is 12.7 Å². The molecule has 0 bridgehead atoms. The highest BCUT2D eigenvalue weighted by atomic mass is 35.5. The summed E-state index contributed by atoms with van der Waals surface area (Å²) in [5.41, 5.74) is 1.64. The number of anilines is 1. The molecule has 8 nitrogen and oxygen atoms in total. The minimum absolute atomic E-state index is 0.0721. The van der Waals surface area contributed by atoms with Gasteiger partial charge in [0.1, 0.15) is 17.4 Å². The van der Waals surface area contributed by atoms with Crippen LogP contribution in [0.2, 0.25) is 5.02 Å². The van der Waals surface area contributed by atoms with Gasteiger partial charge in [0, 0.05) is 43.0 Å². The summed E-state index contributed by atoms with van der Waals surface area (Å²) >= 11 is 6.09. The minimum atomic E-state index is -0.0721. The third-order valence-electron chi connectivity index (χ3n) is 5.39. The van der Waals surface area contributed by atoms with Crippen LogP contribution in [0.15, 0.2) is 24.3 Å². The number of amides is 1. The topological polar surface area (TPSA) is 75.9 Å². The van der Waals surface area contributed by atoms with Gasteiger partial charge < -0.3 is 14.5 Å². The highest BCUT2D eigenvalue weighted by molar-refractivity contribution is 6.31. The first-order chi connectivity index (χ1) is 14.5. The van der Waals surface area contributed by atoms with Crippen molar-refractivity contribution < 1.29 is 9.53 Å². The van der Waals surface area contributed by atoms with E-state index in [2.05, 4.69) is 28.1 Å². The van der Waals surface area contributed by atoms with Gasteiger partial charge in [0.2, 0.25) is 0 Å². The van der Waals surface area contributed by atoms with Gasteiger partial charge in [-0.2, -0.15) is 4.98 Å². The van der Waals surface area contributed by atoms with Gasteiger partial charge in [-0.05, 0) is 31.5 Å². The number of nitrogens with zero attached hydrogens (tertiary/aromatic N) is 6. The molecule has 158 valence electrons. The first kappa shape index (κ1) is 20.4. The standard InChI is InChI=1S/C21H25ClN6O2/c1-4-5-16-13-19(23-21-25-24-14(2)28(16)21)26-8-10-27(11-9-26)20(29)17-12-15(22)6-7-18(17)30-3/h6-7,12-13H,4-5,8-11H2,1-3H3. The highest BCUT2D eigenvalue weighted by Crippen LogP contribution is 2.25. The monoisotopic (exact) mass is 428 g/mol. The molecule has 1 saturated heterocycles. The number of carbonyl (C=O) groups is 1. The molecule has 0 spiro atoms. The number of fused-ring (bicyclic) bond motifs is 1. The smallest absolute Gasteiger partial charge is 0.257 e. The van der Waals surface area contributed by atoms with Crippen LogP contribution in [0.4, 0.5) is 5.82 Å². The number of hydrogen-bond acceptors (Lipinski definition) is 6. The van der Waals surface area contributed by atoms with Crippen molar-refractivity contribution in [2.75, 3.05) is 38.2 Å². The van der Waals surface area contributed by atoms with Gasteiger partial charge in [-0.1, -0.05) is 24.9 Å². The Bertz CT molecular complexity index is 1070. The molecule has 0 atom stereocenters. The zero-order chi connectivity index (χ0) is 21.3. The fourth-order valence-corrected chi connectivity index (χ4v) is 4.04. The third-order valence-corrected chi connectivity index (χ3v) is 5.63. The van der Waals surface area contributed by atoms with Crippen LogP contribution in [0.5, 0.6) is 5.75 Å². The molecule has 30 heavy (non-hydrogen) atoms. The molecule has 0 saturated carbocycles. The molecule has 0 N–H and O–H groups in total. The average Bonchev–Trinajstić information content (AvgIpc) is 3.14. The van der Waals surface area contributed by atoms with Crippen LogP contribution in [0.25, 0.3) is 5.78 Å². The minimum Gasteiger partial charge on any atom is -0.496 e. The maximum Gasteiger partial charge on any atom is 0.257 e. The van der Waals surface area contributed by atoms with Crippen LogP contribution >= 0.6 is 11.6 Å². The van der Waals surface area contributed by atoms with E-state index in [1.807, 2.05) is 16.2 Å². The number of carbonyl (C=O) groups excluding carboxylic acids is 1. The van der Waals surface area contributed by atoms with Crippen molar-refractivity contribution in [3.05, 3.63) is 46.4 Å². The lowest BCUT2D eigenvalue weighted by atomic mass is 10.1. The van der Waals surface area contributed by atoms with Crippen molar-refractivity contribution in [1.82, 2.24) is 24.5 Å². The number of methoxy groups -OCH3 is 1. The first-order valence-electron chi connectivity index (χ1n) is 10.1. The number of rotatable bonds is 5. The van der Waals surface area contributed by atoms with Crippen molar-refractivity contribution in [3.8, 4) is 5.75 Å². The lowest BCUT2D eigenvalue weighted by Gasteiger charge is -2.35. The highest BCUT2D eigenvalue weighted by Gasteiger charge is 2.26. The van der Waals surface area contributed by atoms with Crippen molar-refractivity contribution >= 4 is 29.1 Å². The van der Waals surface area contributed by atoms with Gasteiger partial charge >= 0.3 is 0 Å². The van der Waals surface area contributed by atoms with Gasteiger partial charge in [0.25, 0.3) is 11.7 Å². The molecule has 2 aromatic heterocycles. The Kier molecular flexibility index (Phi) is 5.76. The molecular formula is C21H25ClN6O2. The molecule has 0 radical (unpaired) electrons. The number of hydrogen-bond donors (Lipinski definition) is 0. The molecule has 1 aliphatic heterocycles. The summed E-state index contributed by atoms with van der Waals surface area (Å²) in [5.74, 6) is 2.81. The molecule has 9 heteroatoms. The second-order valence-corrected chi connectivity index (χ2v) is 7.80. The number of aromatic nitrogens is 4. The number of aryl methyl sites for hydroxylation is 2. The molecule has 1 fully saturated rings. The number of benzene rings is 1.